The van der Waals surface area contributed by atoms with Gasteiger partial charge in [-0.2, -0.15) is 0 Å². The van der Waals surface area contributed by atoms with Crippen LogP contribution in [0.2, 0.25) is 0 Å². The number of anilines is 1. The lowest BCUT2D eigenvalue weighted by Crippen LogP contribution is -2.12. The van der Waals surface area contributed by atoms with Gasteiger partial charge in [-0.15, -0.1) is 0 Å². The van der Waals surface area contributed by atoms with Gasteiger partial charge in [0.2, 0.25) is 0 Å². The molecule has 2 aromatic rings. The second-order valence-electron chi connectivity index (χ2n) is 4.68. The van der Waals surface area contributed by atoms with Gasteiger partial charge in [0.15, 0.2) is 0 Å². The van der Waals surface area contributed by atoms with Crippen LogP contribution in [0.1, 0.15) is 27.2 Å². The highest BCUT2D eigenvalue weighted by molar-refractivity contribution is 6.04. The van der Waals surface area contributed by atoms with Crippen LogP contribution in [0.25, 0.3) is 0 Å². The quantitative estimate of drug-likeness (QED) is 0.829. The Morgan fingerprint density at radius 3 is 2.81 bits per heavy atom. The second-order valence-corrected chi connectivity index (χ2v) is 4.68. The van der Waals surface area contributed by atoms with Crippen molar-refractivity contribution in [3.8, 4) is 11.8 Å². The molecule has 0 aliphatic rings. The molecule has 0 aliphatic heterocycles. The maximum absolute atomic E-state index is 12.2. The molecule has 2 rings (SSSR count). The van der Waals surface area contributed by atoms with Crippen LogP contribution in [-0.4, -0.2) is 17.4 Å². The third-order valence-electron chi connectivity index (χ3n) is 2.98. The number of carbonyl (C=O) groups is 1. The summed E-state index contributed by atoms with van der Waals surface area (Å²) in [5.41, 5.74) is 9.40. The Labute approximate surface area is 124 Å². The van der Waals surface area contributed by atoms with Gasteiger partial charge in [0, 0.05) is 28.7 Å². The molecular formula is C17H17N3O. The summed E-state index contributed by atoms with van der Waals surface area (Å²) in [7, 11) is 0. The molecule has 106 valence electrons. The smallest absolute Gasteiger partial charge is 0.255 e. The maximum Gasteiger partial charge on any atom is 0.255 e. The van der Waals surface area contributed by atoms with E-state index in [-0.39, 0.29) is 5.91 Å². The number of amides is 1. The first-order valence-corrected chi connectivity index (χ1v) is 6.64. The minimum Gasteiger partial charge on any atom is -0.322 e. The monoisotopic (exact) mass is 279 g/mol. The van der Waals surface area contributed by atoms with E-state index in [0.29, 0.717) is 17.8 Å². The third kappa shape index (κ3) is 3.91. The SMILES string of the molecule is Cc1cc(C(=O)Nc2ccc(C)c(C#CCN)c2)ccn1. The van der Waals surface area contributed by atoms with Gasteiger partial charge < -0.3 is 11.1 Å². The average molecular weight is 279 g/mol. The Bertz CT molecular complexity index is 726. The lowest BCUT2D eigenvalue weighted by molar-refractivity contribution is 0.102. The van der Waals surface area contributed by atoms with E-state index in [0.717, 1.165) is 16.8 Å². The zero-order valence-electron chi connectivity index (χ0n) is 12.1. The molecule has 0 saturated heterocycles. The van der Waals surface area contributed by atoms with Crippen LogP contribution in [0.4, 0.5) is 5.69 Å². The van der Waals surface area contributed by atoms with Crippen LogP contribution in [0.5, 0.6) is 0 Å². The molecule has 1 aromatic heterocycles. The van der Waals surface area contributed by atoms with Crippen molar-refractivity contribution in [2.75, 3.05) is 11.9 Å². The predicted molar refractivity (Wildman–Crippen MR) is 84.0 cm³/mol. The summed E-state index contributed by atoms with van der Waals surface area (Å²) in [6.07, 6.45) is 1.62. The highest BCUT2D eigenvalue weighted by Crippen LogP contribution is 2.15. The number of pyridine rings is 1. The summed E-state index contributed by atoms with van der Waals surface area (Å²) in [5.74, 6) is 5.66. The molecule has 1 aromatic carbocycles. The molecule has 4 nitrogen and oxygen atoms in total. The van der Waals surface area contributed by atoms with Crippen molar-refractivity contribution in [3.05, 3.63) is 58.9 Å². The van der Waals surface area contributed by atoms with E-state index in [1.807, 2.05) is 32.0 Å². The number of nitrogens with two attached hydrogens (primary N) is 1. The highest BCUT2D eigenvalue weighted by Gasteiger charge is 2.07. The number of rotatable bonds is 2. The zero-order valence-corrected chi connectivity index (χ0v) is 12.1. The lowest BCUT2D eigenvalue weighted by atomic mass is 10.1. The topological polar surface area (TPSA) is 68.0 Å². The summed E-state index contributed by atoms with van der Waals surface area (Å²) in [5, 5.41) is 2.86. The molecule has 0 spiro atoms. The maximum atomic E-state index is 12.2. The molecule has 3 N–H and O–H groups in total. The Balaban J connectivity index is 2.21. The summed E-state index contributed by atoms with van der Waals surface area (Å²) >= 11 is 0. The van der Waals surface area contributed by atoms with Gasteiger partial charge in [0.25, 0.3) is 5.91 Å². The number of aryl methyl sites for hydroxylation is 2. The fourth-order valence-corrected chi connectivity index (χ4v) is 1.87. The van der Waals surface area contributed by atoms with E-state index >= 15 is 0 Å². The number of carbonyl (C=O) groups excluding carboxylic acids is 1. The van der Waals surface area contributed by atoms with Crippen LogP contribution >= 0.6 is 0 Å². The van der Waals surface area contributed by atoms with Crippen LogP contribution in [0.15, 0.2) is 36.5 Å². The van der Waals surface area contributed by atoms with Crippen LogP contribution in [0, 0.1) is 25.7 Å². The number of hydrogen-bond acceptors (Lipinski definition) is 3. The van der Waals surface area contributed by atoms with Crippen LogP contribution < -0.4 is 11.1 Å². The van der Waals surface area contributed by atoms with Gasteiger partial charge in [0.1, 0.15) is 0 Å². The molecule has 0 aliphatic carbocycles. The van der Waals surface area contributed by atoms with E-state index in [1.54, 1.807) is 18.3 Å². The molecule has 1 heterocycles. The zero-order chi connectivity index (χ0) is 15.2. The van der Waals surface area contributed by atoms with Crippen molar-refractivity contribution in [1.29, 1.82) is 0 Å². The van der Waals surface area contributed by atoms with Gasteiger partial charge in [-0.05, 0) is 43.7 Å². The van der Waals surface area contributed by atoms with E-state index < -0.39 is 0 Å². The summed E-state index contributed by atoms with van der Waals surface area (Å²) in [6, 6.07) is 9.07. The standard InChI is InChI=1S/C17H17N3O/c1-12-5-6-16(11-14(12)4-3-8-18)20-17(21)15-7-9-19-13(2)10-15/h5-7,9-11H,8,18H2,1-2H3,(H,20,21). The molecule has 0 fully saturated rings. The molecule has 4 heteroatoms. The molecule has 21 heavy (non-hydrogen) atoms. The van der Waals surface area contributed by atoms with Crippen LogP contribution in [-0.2, 0) is 0 Å². The van der Waals surface area contributed by atoms with Crippen molar-refractivity contribution >= 4 is 11.6 Å². The van der Waals surface area contributed by atoms with Crippen molar-refractivity contribution < 1.29 is 4.79 Å². The number of benzene rings is 1. The Morgan fingerprint density at radius 1 is 1.29 bits per heavy atom. The van der Waals surface area contributed by atoms with Crippen molar-refractivity contribution in [3.63, 3.8) is 0 Å². The largest absolute Gasteiger partial charge is 0.322 e. The minimum atomic E-state index is -0.165. The number of aromatic nitrogens is 1. The second kappa shape index (κ2) is 6.69. The fraction of sp³-hybridized carbons (Fsp3) is 0.176. The van der Waals surface area contributed by atoms with E-state index in [1.165, 1.54) is 0 Å². The van der Waals surface area contributed by atoms with Gasteiger partial charge in [-0.3, -0.25) is 9.78 Å². The summed E-state index contributed by atoms with van der Waals surface area (Å²) in [6.45, 7) is 4.13. The van der Waals surface area contributed by atoms with Crippen LogP contribution in [0.3, 0.4) is 0 Å². The van der Waals surface area contributed by atoms with E-state index in [9.17, 15) is 4.79 Å². The summed E-state index contributed by atoms with van der Waals surface area (Å²) in [4.78, 5) is 16.3. The Hall–Kier alpha value is -2.64. The van der Waals surface area contributed by atoms with E-state index in [4.69, 9.17) is 5.73 Å². The molecule has 0 bridgehead atoms. The average Bonchev–Trinajstić information content (AvgIpc) is 2.47. The van der Waals surface area contributed by atoms with Crippen molar-refractivity contribution in [2.24, 2.45) is 5.73 Å². The molecule has 0 radical (unpaired) electrons. The first kappa shape index (κ1) is 14.8. The normalized spacial score (nSPS) is 9.67. The minimum absolute atomic E-state index is 0.165. The van der Waals surface area contributed by atoms with Crippen molar-refractivity contribution in [2.45, 2.75) is 13.8 Å². The highest BCUT2D eigenvalue weighted by atomic mass is 16.1. The fourth-order valence-electron chi connectivity index (χ4n) is 1.87. The number of nitrogens with zero attached hydrogens (tertiary/aromatic N) is 1. The molecular weight excluding hydrogens is 262 g/mol. The van der Waals surface area contributed by atoms with E-state index in [2.05, 4.69) is 22.1 Å². The Kier molecular flexibility index (Phi) is 4.70. The molecule has 0 saturated carbocycles. The van der Waals surface area contributed by atoms with Crippen molar-refractivity contribution in [1.82, 2.24) is 4.98 Å². The van der Waals surface area contributed by atoms with Gasteiger partial charge >= 0.3 is 0 Å². The first-order valence-electron chi connectivity index (χ1n) is 6.64. The first-order chi connectivity index (χ1) is 10.1. The molecule has 1 amide bonds. The third-order valence-corrected chi connectivity index (χ3v) is 2.98. The Morgan fingerprint density at radius 2 is 2.10 bits per heavy atom. The van der Waals surface area contributed by atoms with Gasteiger partial charge in [-0.1, -0.05) is 17.9 Å². The van der Waals surface area contributed by atoms with Gasteiger partial charge in [0.05, 0.1) is 6.54 Å². The molecule has 0 unspecified atom stereocenters. The summed E-state index contributed by atoms with van der Waals surface area (Å²) < 4.78 is 0. The van der Waals surface area contributed by atoms with Gasteiger partial charge in [-0.25, -0.2) is 0 Å². The molecule has 0 atom stereocenters. The predicted octanol–water partition coefficient (Wildman–Crippen LogP) is 2.26. The number of nitrogens with one attached hydrogen (secondary N) is 1. The lowest BCUT2D eigenvalue weighted by Gasteiger charge is -2.07. The number of hydrogen-bond donors (Lipinski definition) is 2.